The number of benzene rings is 2. The smallest absolute Gasteiger partial charge is 0.276 e. The molecule has 2 aromatic carbocycles. The van der Waals surface area contributed by atoms with Gasteiger partial charge in [-0.25, -0.2) is 8.78 Å². The third kappa shape index (κ3) is 6.43. The predicted molar refractivity (Wildman–Crippen MR) is 140 cm³/mol. The number of ether oxygens (including phenoxy) is 2. The van der Waals surface area contributed by atoms with E-state index in [1.807, 2.05) is 0 Å². The molecule has 1 aromatic heterocycles. The quantitative estimate of drug-likeness (QED) is 0.409. The first-order chi connectivity index (χ1) is 17.9. The molecule has 0 spiro atoms. The van der Waals surface area contributed by atoms with Crippen LogP contribution in [0.5, 0.6) is 5.88 Å². The Morgan fingerprint density at radius 1 is 1.16 bits per heavy atom. The molecule has 3 aromatic rings. The summed E-state index contributed by atoms with van der Waals surface area (Å²) in [5, 5.41) is 2.68. The predicted octanol–water partition coefficient (Wildman–Crippen LogP) is 3.30. The molecule has 1 unspecified atom stereocenters. The van der Waals surface area contributed by atoms with Crippen molar-refractivity contribution in [1.29, 1.82) is 0 Å². The van der Waals surface area contributed by atoms with Gasteiger partial charge in [0.2, 0.25) is 5.88 Å². The first-order valence-corrected chi connectivity index (χ1v) is 12.2. The van der Waals surface area contributed by atoms with Crippen LogP contribution in [0.25, 0.3) is 5.69 Å². The van der Waals surface area contributed by atoms with Gasteiger partial charge in [-0.15, -0.1) is 0 Å². The maximum Gasteiger partial charge on any atom is 0.276 e. The van der Waals surface area contributed by atoms with Gasteiger partial charge in [-0.1, -0.05) is 6.07 Å². The van der Waals surface area contributed by atoms with Crippen LogP contribution in [0.1, 0.15) is 27.3 Å². The van der Waals surface area contributed by atoms with Crippen molar-refractivity contribution in [3.8, 4) is 11.6 Å². The fraction of sp³-hybridized carbons (Fsp3) is 0.308. The van der Waals surface area contributed by atoms with Crippen LogP contribution in [0, 0.1) is 25.5 Å². The Morgan fingerprint density at radius 3 is 2.50 bits per heavy atom. The Morgan fingerprint density at radius 2 is 1.87 bits per heavy atom. The summed E-state index contributed by atoms with van der Waals surface area (Å²) in [5.74, 6) is -2.05. The number of methoxy groups -OCH3 is 1. The van der Waals surface area contributed by atoms with E-state index in [9.17, 15) is 23.2 Å². The summed E-state index contributed by atoms with van der Waals surface area (Å²) < 4.78 is 39.2. The number of aromatic nitrogens is 2. The zero-order chi connectivity index (χ0) is 28.1. The van der Waals surface area contributed by atoms with E-state index < -0.39 is 29.2 Å². The summed E-state index contributed by atoms with van der Waals surface area (Å²) in [6.45, 7) is 3.05. The first-order valence-electron chi connectivity index (χ1n) is 11.4. The van der Waals surface area contributed by atoms with Crippen molar-refractivity contribution in [2.24, 2.45) is 0 Å². The first kappa shape index (κ1) is 28.9. The van der Waals surface area contributed by atoms with Crippen LogP contribution in [0.3, 0.4) is 0 Å². The number of nitrogens with zero attached hydrogens (tertiary/aromatic N) is 3. The van der Waals surface area contributed by atoms with Crippen molar-refractivity contribution < 1.29 is 27.8 Å². The van der Waals surface area contributed by atoms with E-state index in [2.05, 4.69) is 26.2 Å². The molecule has 0 fully saturated rings. The minimum Gasteiger partial charge on any atom is -0.472 e. The van der Waals surface area contributed by atoms with Crippen molar-refractivity contribution in [3.05, 3.63) is 85.4 Å². The van der Waals surface area contributed by atoms with E-state index in [0.29, 0.717) is 11.3 Å². The second kappa shape index (κ2) is 12.3. The lowest BCUT2D eigenvalue weighted by Crippen LogP contribution is -2.43. The van der Waals surface area contributed by atoms with Gasteiger partial charge in [0.15, 0.2) is 6.10 Å². The standard InChI is InChI=1S/C26H27BrF2N4O5/c1-14-6-7-16(23(34)30-12-21(37-5)25(35)32(3)4)10-20(14)33-15(2)31-24(22(27)26(33)36)38-13-17-8-9-18(28)11-19(17)29/h6-11,21H,12-13H2,1-5H3,(H,30,34). The van der Waals surface area contributed by atoms with Crippen molar-refractivity contribution in [3.63, 3.8) is 0 Å². The van der Waals surface area contributed by atoms with Gasteiger partial charge in [0.1, 0.15) is 28.5 Å². The fourth-order valence-electron chi connectivity index (χ4n) is 3.59. The molecule has 202 valence electrons. The molecule has 0 aliphatic heterocycles. The number of nitrogens with one attached hydrogen (secondary N) is 1. The van der Waals surface area contributed by atoms with Crippen molar-refractivity contribution in [2.75, 3.05) is 27.7 Å². The summed E-state index contributed by atoms with van der Waals surface area (Å²) in [6, 6.07) is 7.92. The van der Waals surface area contributed by atoms with E-state index in [4.69, 9.17) is 9.47 Å². The van der Waals surface area contributed by atoms with Gasteiger partial charge in [0.25, 0.3) is 17.4 Å². The largest absolute Gasteiger partial charge is 0.472 e. The van der Waals surface area contributed by atoms with Crippen LogP contribution in [0.15, 0.2) is 45.7 Å². The Bertz CT molecular complexity index is 1430. The number of hydrogen-bond donors (Lipinski definition) is 1. The Balaban J connectivity index is 1.87. The Labute approximate surface area is 226 Å². The molecule has 0 aliphatic carbocycles. The average Bonchev–Trinajstić information content (AvgIpc) is 2.87. The van der Waals surface area contributed by atoms with E-state index >= 15 is 0 Å². The summed E-state index contributed by atoms with van der Waals surface area (Å²) >= 11 is 3.21. The van der Waals surface area contributed by atoms with Gasteiger partial charge < -0.3 is 19.7 Å². The van der Waals surface area contributed by atoms with E-state index in [1.165, 1.54) is 28.7 Å². The van der Waals surface area contributed by atoms with Crippen molar-refractivity contribution in [2.45, 2.75) is 26.6 Å². The highest BCUT2D eigenvalue weighted by molar-refractivity contribution is 9.10. The zero-order valence-electron chi connectivity index (χ0n) is 21.5. The van der Waals surface area contributed by atoms with Gasteiger partial charge in [0.05, 0.1) is 12.2 Å². The molecular formula is C26H27BrF2N4O5. The number of carbonyl (C=O) groups is 2. The van der Waals surface area contributed by atoms with Gasteiger partial charge in [-0.2, -0.15) is 4.98 Å². The molecule has 38 heavy (non-hydrogen) atoms. The van der Waals surface area contributed by atoms with E-state index in [0.717, 1.165) is 12.1 Å². The summed E-state index contributed by atoms with van der Waals surface area (Å²) in [6.07, 6.45) is -0.847. The summed E-state index contributed by atoms with van der Waals surface area (Å²) in [7, 11) is 4.56. The second-order valence-electron chi connectivity index (χ2n) is 8.61. The molecule has 0 saturated carbocycles. The Hall–Kier alpha value is -3.64. The maximum atomic E-state index is 14.0. The third-order valence-corrected chi connectivity index (χ3v) is 6.38. The molecule has 0 bridgehead atoms. The fourth-order valence-corrected chi connectivity index (χ4v) is 3.97. The second-order valence-corrected chi connectivity index (χ2v) is 9.40. The number of amides is 2. The lowest BCUT2D eigenvalue weighted by Gasteiger charge is -2.20. The molecule has 1 N–H and O–H groups in total. The van der Waals surface area contributed by atoms with Gasteiger partial charge in [-0.3, -0.25) is 19.0 Å². The number of likely N-dealkylation sites (N-methyl/N-ethyl adjacent to an activating group) is 1. The molecule has 1 heterocycles. The minimum absolute atomic E-state index is 0.00925. The molecule has 0 saturated heterocycles. The molecule has 0 aliphatic rings. The number of halogens is 3. The highest BCUT2D eigenvalue weighted by Crippen LogP contribution is 2.24. The number of carbonyl (C=O) groups excluding carboxylic acids is 2. The van der Waals surface area contributed by atoms with Crippen molar-refractivity contribution in [1.82, 2.24) is 19.8 Å². The van der Waals surface area contributed by atoms with Gasteiger partial charge >= 0.3 is 0 Å². The molecular weight excluding hydrogens is 566 g/mol. The summed E-state index contributed by atoms with van der Waals surface area (Å²) in [5.41, 5.74) is 0.952. The molecule has 9 nitrogen and oxygen atoms in total. The van der Waals surface area contributed by atoms with Gasteiger partial charge in [0, 0.05) is 38.4 Å². The van der Waals surface area contributed by atoms with E-state index in [1.54, 1.807) is 40.1 Å². The molecule has 12 heteroatoms. The van der Waals surface area contributed by atoms with Crippen LogP contribution in [-0.2, 0) is 16.1 Å². The maximum absolute atomic E-state index is 14.0. The lowest BCUT2D eigenvalue weighted by atomic mass is 10.1. The number of hydrogen-bond acceptors (Lipinski definition) is 6. The van der Waals surface area contributed by atoms with Crippen molar-refractivity contribution >= 4 is 27.7 Å². The minimum atomic E-state index is -0.847. The third-order valence-electron chi connectivity index (χ3n) is 5.71. The monoisotopic (exact) mass is 592 g/mol. The molecule has 2 amide bonds. The summed E-state index contributed by atoms with van der Waals surface area (Å²) in [4.78, 5) is 44.0. The number of aryl methyl sites for hydroxylation is 2. The molecule has 0 radical (unpaired) electrons. The Kier molecular flexibility index (Phi) is 9.34. The highest BCUT2D eigenvalue weighted by atomic mass is 79.9. The zero-order valence-corrected chi connectivity index (χ0v) is 23.1. The topological polar surface area (TPSA) is 103 Å². The van der Waals surface area contributed by atoms with Crippen LogP contribution in [0.4, 0.5) is 8.78 Å². The van der Waals surface area contributed by atoms with Gasteiger partial charge in [-0.05, 0) is 59.6 Å². The van der Waals surface area contributed by atoms with Crippen LogP contribution >= 0.6 is 15.9 Å². The SMILES string of the molecule is COC(CNC(=O)c1ccc(C)c(-n2c(C)nc(OCc3ccc(F)cc3F)c(Br)c2=O)c1)C(=O)N(C)C. The van der Waals surface area contributed by atoms with Crippen LogP contribution in [-0.4, -0.2) is 60.1 Å². The van der Waals surface area contributed by atoms with Crippen LogP contribution < -0.4 is 15.6 Å². The highest BCUT2D eigenvalue weighted by Gasteiger charge is 2.22. The van der Waals surface area contributed by atoms with E-state index in [-0.39, 0.29) is 46.4 Å². The normalized spacial score (nSPS) is 11.7. The van der Waals surface area contributed by atoms with Crippen LogP contribution in [0.2, 0.25) is 0 Å². The number of rotatable bonds is 9. The molecule has 3 rings (SSSR count). The average molecular weight is 593 g/mol. The lowest BCUT2D eigenvalue weighted by molar-refractivity contribution is -0.138. The molecule has 1 atom stereocenters.